The third-order valence-electron chi connectivity index (χ3n) is 5.62. The van der Waals surface area contributed by atoms with Gasteiger partial charge in [0.25, 0.3) is 0 Å². The number of rotatable bonds is 3. The molecule has 1 unspecified atom stereocenters. The average molecular weight is 353 g/mol. The minimum atomic E-state index is -0.0132. The van der Waals surface area contributed by atoms with Gasteiger partial charge in [0.15, 0.2) is 0 Å². The number of aromatic nitrogens is 4. The van der Waals surface area contributed by atoms with Crippen LogP contribution in [0.4, 0.5) is 5.82 Å². The molecule has 3 aromatic rings. The number of hydrogen-bond acceptors (Lipinski definition) is 6. The van der Waals surface area contributed by atoms with E-state index in [0.29, 0.717) is 11.7 Å². The third-order valence-corrected chi connectivity index (χ3v) is 5.62. The van der Waals surface area contributed by atoms with Crippen molar-refractivity contribution < 1.29 is 9.26 Å². The first-order valence-electron chi connectivity index (χ1n) is 9.27. The van der Waals surface area contributed by atoms with E-state index in [1.807, 2.05) is 0 Å². The van der Waals surface area contributed by atoms with Crippen molar-refractivity contribution in [2.45, 2.75) is 57.6 Å². The van der Waals surface area contributed by atoms with Crippen molar-refractivity contribution in [2.24, 2.45) is 0 Å². The number of fused-ring (bicyclic) bond motifs is 5. The van der Waals surface area contributed by atoms with Gasteiger partial charge in [0.1, 0.15) is 29.2 Å². The van der Waals surface area contributed by atoms with E-state index in [4.69, 9.17) is 15.0 Å². The van der Waals surface area contributed by atoms with Crippen LogP contribution >= 0.6 is 0 Å². The fraction of sp³-hybridized carbons (Fsp3) is 0.526. The van der Waals surface area contributed by atoms with E-state index in [0.717, 1.165) is 59.3 Å². The summed E-state index contributed by atoms with van der Waals surface area (Å²) in [5, 5.41) is 5.38. The van der Waals surface area contributed by atoms with Crippen molar-refractivity contribution in [1.82, 2.24) is 19.7 Å². The summed E-state index contributed by atoms with van der Waals surface area (Å²) in [7, 11) is 1.76. The smallest absolute Gasteiger partial charge is 0.146 e. The number of nitrogen functional groups attached to an aromatic ring is 1. The van der Waals surface area contributed by atoms with Crippen LogP contribution in [-0.2, 0) is 11.2 Å². The predicted octanol–water partition coefficient (Wildman–Crippen LogP) is 3.76. The quantitative estimate of drug-likeness (QED) is 0.771. The summed E-state index contributed by atoms with van der Waals surface area (Å²) in [5.74, 6) is 1.95. The molecule has 1 atom stereocenters. The molecule has 26 heavy (non-hydrogen) atoms. The standard InChI is InChI=1S/C19H23N5O2/c1-9(2)24-11-6-7-12(25-3)14-16(23-26-17(14)10-4-5-10)13(11)15-18(20)21-8-22-19(15)24/h8-10,12H,4-7H2,1-3H3,(H2,20,21,22). The van der Waals surface area contributed by atoms with Crippen LogP contribution in [0.15, 0.2) is 10.9 Å². The monoisotopic (exact) mass is 353 g/mol. The van der Waals surface area contributed by atoms with Gasteiger partial charge in [-0.1, -0.05) is 5.16 Å². The zero-order valence-electron chi connectivity index (χ0n) is 15.3. The van der Waals surface area contributed by atoms with E-state index in [9.17, 15) is 0 Å². The van der Waals surface area contributed by atoms with Crippen LogP contribution in [0, 0.1) is 0 Å². The molecule has 3 aromatic heterocycles. The molecule has 2 aliphatic rings. The van der Waals surface area contributed by atoms with E-state index >= 15 is 0 Å². The summed E-state index contributed by atoms with van der Waals surface area (Å²) < 4.78 is 13.9. The first-order chi connectivity index (χ1) is 12.6. The van der Waals surface area contributed by atoms with Gasteiger partial charge in [-0.05, 0) is 39.5 Å². The fourth-order valence-electron chi connectivity index (χ4n) is 4.35. The Morgan fingerprint density at radius 1 is 1.27 bits per heavy atom. The number of ether oxygens (including phenoxy) is 1. The van der Waals surface area contributed by atoms with E-state index in [1.165, 1.54) is 12.0 Å². The topological polar surface area (TPSA) is 92.0 Å². The molecule has 3 heterocycles. The Bertz CT molecular complexity index is 999. The van der Waals surface area contributed by atoms with Crippen molar-refractivity contribution in [1.29, 1.82) is 0 Å². The molecule has 136 valence electrons. The highest BCUT2D eigenvalue weighted by atomic mass is 16.5. The summed E-state index contributed by atoms with van der Waals surface area (Å²) in [4.78, 5) is 8.80. The Hall–Kier alpha value is -2.41. The van der Waals surface area contributed by atoms with E-state index < -0.39 is 0 Å². The van der Waals surface area contributed by atoms with Crippen LogP contribution < -0.4 is 5.73 Å². The van der Waals surface area contributed by atoms with Gasteiger partial charge in [-0.3, -0.25) is 0 Å². The first-order valence-corrected chi connectivity index (χ1v) is 9.27. The number of methoxy groups -OCH3 is 1. The summed E-state index contributed by atoms with van der Waals surface area (Å²) in [6, 6.07) is 0.257. The molecule has 0 amide bonds. The third kappa shape index (κ3) is 2.06. The lowest BCUT2D eigenvalue weighted by atomic mass is 10.0. The number of nitrogens with zero attached hydrogens (tertiary/aromatic N) is 4. The van der Waals surface area contributed by atoms with E-state index in [1.54, 1.807) is 7.11 Å². The van der Waals surface area contributed by atoms with Gasteiger partial charge in [0, 0.05) is 30.3 Å². The van der Waals surface area contributed by atoms with Crippen molar-refractivity contribution in [2.75, 3.05) is 12.8 Å². The lowest BCUT2D eigenvalue weighted by Gasteiger charge is -2.16. The lowest BCUT2D eigenvalue weighted by Crippen LogP contribution is -2.08. The summed E-state index contributed by atoms with van der Waals surface area (Å²) in [5.41, 5.74) is 11.3. The Balaban J connectivity index is 1.88. The van der Waals surface area contributed by atoms with Gasteiger partial charge in [0.05, 0.1) is 17.1 Å². The largest absolute Gasteiger partial charge is 0.383 e. The lowest BCUT2D eigenvalue weighted by molar-refractivity contribution is 0.0948. The average Bonchev–Trinajstić information content (AvgIpc) is 3.31. The first kappa shape index (κ1) is 15.8. The molecule has 0 saturated heterocycles. The number of hydrogen-bond donors (Lipinski definition) is 1. The number of anilines is 1. The highest BCUT2D eigenvalue weighted by Crippen LogP contribution is 2.51. The van der Waals surface area contributed by atoms with Crippen LogP contribution in [0.3, 0.4) is 0 Å². The van der Waals surface area contributed by atoms with E-state index in [2.05, 4.69) is 33.5 Å². The van der Waals surface area contributed by atoms with Crippen LogP contribution in [0.25, 0.3) is 22.3 Å². The van der Waals surface area contributed by atoms with Gasteiger partial charge < -0.3 is 19.6 Å². The fourth-order valence-corrected chi connectivity index (χ4v) is 4.35. The van der Waals surface area contributed by atoms with Crippen molar-refractivity contribution in [3.8, 4) is 11.3 Å². The minimum absolute atomic E-state index is 0.0132. The molecule has 0 radical (unpaired) electrons. The molecule has 0 spiro atoms. The van der Waals surface area contributed by atoms with Crippen molar-refractivity contribution in [3.05, 3.63) is 23.3 Å². The second kappa shape index (κ2) is 5.54. The Labute approximate surface area is 151 Å². The summed E-state index contributed by atoms with van der Waals surface area (Å²) >= 11 is 0. The molecule has 5 rings (SSSR count). The molecule has 1 fully saturated rings. The van der Waals surface area contributed by atoms with Gasteiger partial charge in [-0.15, -0.1) is 0 Å². The second-order valence-electron chi connectivity index (χ2n) is 7.59. The molecular weight excluding hydrogens is 330 g/mol. The highest BCUT2D eigenvalue weighted by Gasteiger charge is 2.39. The molecular formula is C19H23N5O2. The molecule has 0 bridgehead atoms. The maximum Gasteiger partial charge on any atom is 0.146 e. The highest BCUT2D eigenvalue weighted by molar-refractivity contribution is 6.02. The number of nitrogens with two attached hydrogens (primary N) is 1. The SMILES string of the molecule is COC1CCc2c(c3c(N)ncnc3n2C(C)C)-c2noc(C3CC3)c21. The molecule has 0 aromatic carbocycles. The maximum absolute atomic E-state index is 6.29. The molecule has 7 heteroatoms. The van der Waals surface area contributed by atoms with Crippen molar-refractivity contribution >= 4 is 16.9 Å². The Morgan fingerprint density at radius 3 is 2.77 bits per heavy atom. The summed E-state index contributed by atoms with van der Waals surface area (Å²) in [6.07, 6.45) is 5.60. The molecule has 7 nitrogen and oxygen atoms in total. The van der Waals surface area contributed by atoms with Crippen molar-refractivity contribution in [3.63, 3.8) is 0 Å². The van der Waals surface area contributed by atoms with Crippen LogP contribution in [0.5, 0.6) is 0 Å². The molecule has 2 N–H and O–H groups in total. The Kier molecular flexibility index (Phi) is 3.37. The van der Waals surface area contributed by atoms with Gasteiger partial charge in [-0.25, -0.2) is 9.97 Å². The molecule has 0 aliphatic heterocycles. The zero-order chi connectivity index (χ0) is 18.0. The van der Waals surface area contributed by atoms with Gasteiger partial charge in [-0.2, -0.15) is 0 Å². The normalized spacial score (nSPS) is 19.6. The predicted molar refractivity (Wildman–Crippen MR) is 97.9 cm³/mol. The van der Waals surface area contributed by atoms with Gasteiger partial charge >= 0.3 is 0 Å². The van der Waals surface area contributed by atoms with Gasteiger partial charge in [0.2, 0.25) is 0 Å². The summed E-state index contributed by atoms with van der Waals surface area (Å²) in [6.45, 7) is 4.33. The Morgan fingerprint density at radius 2 is 2.08 bits per heavy atom. The van der Waals surface area contributed by atoms with Crippen LogP contribution in [-0.4, -0.2) is 26.8 Å². The van der Waals surface area contributed by atoms with Crippen LogP contribution in [0.1, 0.15) is 68.2 Å². The maximum atomic E-state index is 6.29. The molecule has 1 saturated carbocycles. The zero-order valence-corrected chi connectivity index (χ0v) is 15.3. The van der Waals surface area contributed by atoms with Crippen LogP contribution in [0.2, 0.25) is 0 Å². The van der Waals surface area contributed by atoms with E-state index in [-0.39, 0.29) is 12.1 Å². The second-order valence-corrected chi connectivity index (χ2v) is 7.59. The minimum Gasteiger partial charge on any atom is -0.383 e. The molecule has 2 aliphatic carbocycles.